The molecule has 1 heterocycles. The van der Waals surface area contributed by atoms with E-state index in [-0.39, 0.29) is 6.61 Å². The first-order chi connectivity index (χ1) is 12.7. The van der Waals surface area contributed by atoms with Crippen molar-refractivity contribution in [3.8, 4) is 11.1 Å². The number of nitrogens with zero attached hydrogens (tertiary/aromatic N) is 2. The highest BCUT2D eigenvalue weighted by atomic mass is 16.3. The lowest BCUT2D eigenvalue weighted by molar-refractivity contribution is 0.267. The molecule has 0 aliphatic heterocycles. The molecule has 0 saturated carbocycles. The van der Waals surface area contributed by atoms with Gasteiger partial charge in [-0.1, -0.05) is 54.6 Å². The first-order valence-electron chi connectivity index (χ1n) is 9.18. The molecule has 136 valence electrons. The molecule has 4 nitrogen and oxygen atoms in total. The highest BCUT2D eigenvalue weighted by Crippen LogP contribution is 2.20. The molecule has 0 atom stereocenters. The molecule has 0 aliphatic rings. The number of hydrogen-bond acceptors (Lipinski definition) is 3. The zero-order chi connectivity index (χ0) is 18.4. The normalized spacial score (nSPS) is 11.0. The third-order valence-electron chi connectivity index (χ3n) is 4.77. The molecule has 1 aromatic heterocycles. The minimum atomic E-state index is 0.118. The smallest absolute Gasteiger partial charge is 0.0644 e. The van der Waals surface area contributed by atoms with Gasteiger partial charge in [-0.25, -0.2) is 0 Å². The third kappa shape index (κ3) is 4.40. The van der Waals surface area contributed by atoms with Crippen LogP contribution in [0.2, 0.25) is 0 Å². The van der Waals surface area contributed by atoms with Gasteiger partial charge in [0, 0.05) is 17.8 Å². The molecule has 2 N–H and O–H groups in total. The van der Waals surface area contributed by atoms with Gasteiger partial charge in [-0.15, -0.1) is 0 Å². The van der Waals surface area contributed by atoms with Gasteiger partial charge < -0.3 is 10.4 Å². The van der Waals surface area contributed by atoms with Crippen molar-refractivity contribution in [3.63, 3.8) is 0 Å². The minimum absolute atomic E-state index is 0.118. The van der Waals surface area contributed by atoms with Gasteiger partial charge in [0.2, 0.25) is 0 Å². The number of aliphatic hydroxyl groups is 1. The van der Waals surface area contributed by atoms with Gasteiger partial charge in [-0.3, -0.25) is 4.68 Å². The predicted molar refractivity (Wildman–Crippen MR) is 106 cm³/mol. The molecule has 0 spiro atoms. The molecule has 3 aromatic rings. The molecule has 0 fully saturated rings. The molecule has 3 rings (SSSR count). The molecule has 4 heteroatoms. The Morgan fingerprint density at radius 2 is 1.77 bits per heavy atom. The molecule has 0 amide bonds. The fourth-order valence-electron chi connectivity index (χ4n) is 3.29. The average Bonchev–Trinajstić information content (AvgIpc) is 2.93. The number of aryl methyl sites for hydroxylation is 1. The van der Waals surface area contributed by atoms with E-state index in [0.29, 0.717) is 6.54 Å². The van der Waals surface area contributed by atoms with Crippen LogP contribution in [0, 0.1) is 13.8 Å². The Morgan fingerprint density at radius 3 is 2.54 bits per heavy atom. The van der Waals surface area contributed by atoms with Gasteiger partial charge in [0.05, 0.1) is 18.8 Å². The van der Waals surface area contributed by atoms with Crippen molar-refractivity contribution in [2.45, 2.75) is 33.4 Å². The molecule has 2 aromatic carbocycles. The van der Waals surface area contributed by atoms with E-state index in [2.05, 4.69) is 65.9 Å². The zero-order valence-corrected chi connectivity index (χ0v) is 15.6. The Bertz CT molecular complexity index is 840. The summed E-state index contributed by atoms with van der Waals surface area (Å²) in [6.07, 6.45) is 0.990. The topological polar surface area (TPSA) is 50.1 Å². The largest absolute Gasteiger partial charge is 0.394 e. The molecule has 26 heavy (non-hydrogen) atoms. The van der Waals surface area contributed by atoms with Crippen molar-refractivity contribution < 1.29 is 5.11 Å². The average molecular weight is 349 g/mol. The van der Waals surface area contributed by atoms with Crippen LogP contribution in [-0.2, 0) is 19.5 Å². The summed E-state index contributed by atoms with van der Waals surface area (Å²) in [6.45, 7) is 6.49. The van der Waals surface area contributed by atoms with Crippen molar-refractivity contribution in [1.82, 2.24) is 15.1 Å². The predicted octanol–water partition coefficient (Wildman–Crippen LogP) is 3.49. The van der Waals surface area contributed by atoms with E-state index in [1.807, 2.05) is 17.7 Å². The summed E-state index contributed by atoms with van der Waals surface area (Å²) in [5.41, 5.74) is 7.26. The second-order valence-corrected chi connectivity index (χ2v) is 6.59. The van der Waals surface area contributed by atoms with Crippen LogP contribution in [0.3, 0.4) is 0 Å². The summed E-state index contributed by atoms with van der Waals surface area (Å²) < 4.78 is 1.88. The lowest BCUT2D eigenvalue weighted by Crippen LogP contribution is -2.17. The van der Waals surface area contributed by atoms with Gasteiger partial charge in [0.25, 0.3) is 0 Å². The summed E-state index contributed by atoms with van der Waals surface area (Å²) in [6, 6.07) is 19.2. The fraction of sp³-hybridized carbons (Fsp3) is 0.318. The Balaban J connectivity index is 1.56. The van der Waals surface area contributed by atoms with Crippen molar-refractivity contribution in [3.05, 3.63) is 77.1 Å². The first-order valence-corrected chi connectivity index (χ1v) is 9.18. The van der Waals surface area contributed by atoms with E-state index in [4.69, 9.17) is 5.11 Å². The Morgan fingerprint density at radius 1 is 1.00 bits per heavy atom. The number of aliphatic hydroxyl groups excluding tert-OH is 1. The van der Waals surface area contributed by atoms with E-state index in [1.165, 1.54) is 22.3 Å². The number of benzene rings is 2. The Kier molecular flexibility index (Phi) is 6.21. The maximum absolute atomic E-state index is 9.11. The fourth-order valence-corrected chi connectivity index (χ4v) is 3.29. The van der Waals surface area contributed by atoms with Gasteiger partial charge in [-0.2, -0.15) is 5.10 Å². The number of hydrogen-bond donors (Lipinski definition) is 2. The molecule has 0 radical (unpaired) electrons. The second-order valence-electron chi connectivity index (χ2n) is 6.59. The van der Waals surface area contributed by atoms with Crippen molar-refractivity contribution in [1.29, 1.82) is 0 Å². The van der Waals surface area contributed by atoms with Gasteiger partial charge >= 0.3 is 0 Å². The Hall–Kier alpha value is -2.43. The third-order valence-corrected chi connectivity index (χ3v) is 4.77. The van der Waals surface area contributed by atoms with Gasteiger partial charge in [-0.05, 0) is 43.5 Å². The quantitative estimate of drug-likeness (QED) is 0.612. The molecule has 0 aliphatic carbocycles. The van der Waals surface area contributed by atoms with Crippen LogP contribution >= 0.6 is 0 Å². The van der Waals surface area contributed by atoms with E-state index in [1.54, 1.807) is 0 Å². The first kappa shape index (κ1) is 18.4. The van der Waals surface area contributed by atoms with Gasteiger partial charge in [0.1, 0.15) is 0 Å². The van der Waals surface area contributed by atoms with Gasteiger partial charge in [0.15, 0.2) is 0 Å². The summed E-state index contributed by atoms with van der Waals surface area (Å²) in [4.78, 5) is 0. The van der Waals surface area contributed by atoms with Crippen LogP contribution in [0.1, 0.15) is 22.5 Å². The van der Waals surface area contributed by atoms with Crippen molar-refractivity contribution >= 4 is 0 Å². The van der Waals surface area contributed by atoms with Crippen LogP contribution < -0.4 is 5.32 Å². The zero-order valence-electron chi connectivity index (χ0n) is 15.6. The molecule has 0 saturated heterocycles. The molecular weight excluding hydrogens is 322 g/mol. The molecule has 0 unspecified atom stereocenters. The molecular formula is C22H27N3O. The summed E-state index contributed by atoms with van der Waals surface area (Å²) in [5, 5.41) is 17.1. The summed E-state index contributed by atoms with van der Waals surface area (Å²) in [7, 11) is 0. The van der Waals surface area contributed by atoms with E-state index in [9.17, 15) is 0 Å². The van der Waals surface area contributed by atoms with Crippen LogP contribution in [0.15, 0.2) is 54.6 Å². The number of nitrogens with one attached hydrogen (secondary N) is 1. The number of aromatic nitrogens is 2. The van der Waals surface area contributed by atoms with E-state index < -0.39 is 0 Å². The monoisotopic (exact) mass is 349 g/mol. The van der Waals surface area contributed by atoms with Crippen LogP contribution in [0.25, 0.3) is 11.1 Å². The lowest BCUT2D eigenvalue weighted by atomic mass is 10.0. The minimum Gasteiger partial charge on any atom is -0.394 e. The number of rotatable bonds is 8. The van der Waals surface area contributed by atoms with Crippen molar-refractivity contribution in [2.24, 2.45) is 0 Å². The maximum atomic E-state index is 9.11. The van der Waals surface area contributed by atoms with Crippen LogP contribution in [0.5, 0.6) is 0 Å². The SMILES string of the molecule is Cc1nn(CCO)c(C)c1CNCCc1cccc(-c2ccccc2)c1. The highest BCUT2D eigenvalue weighted by molar-refractivity contribution is 5.63. The summed E-state index contributed by atoms with van der Waals surface area (Å²) >= 11 is 0. The molecule has 0 bridgehead atoms. The van der Waals surface area contributed by atoms with Crippen molar-refractivity contribution in [2.75, 3.05) is 13.2 Å². The summed E-state index contributed by atoms with van der Waals surface area (Å²) in [5.74, 6) is 0. The van der Waals surface area contributed by atoms with Crippen LogP contribution in [-0.4, -0.2) is 28.0 Å². The highest BCUT2D eigenvalue weighted by Gasteiger charge is 2.10. The lowest BCUT2D eigenvalue weighted by Gasteiger charge is -2.08. The van der Waals surface area contributed by atoms with E-state index >= 15 is 0 Å². The second kappa shape index (κ2) is 8.79. The van der Waals surface area contributed by atoms with Crippen LogP contribution in [0.4, 0.5) is 0 Å². The Labute approximate surface area is 155 Å². The maximum Gasteiger partial charge on any atom is 0.0644 e. The van der Waals surface area contributed by atoms with E-state index in [0.717, 1.165) is 30.9 Å². The standard InChI is InChI=1S/C22H27N3O/c1-17-22(18(2)25(24-17)13-14-26)16-23-12-11-19-7-6-10-21(15-19)20-8-4-3-5-9-20/h3-10,15,23,26H,11-14,16H2,1-2H3.